The highest BCUT2D eigenvalue weighted by Crippen LogP contribution is 2.58. The molecule has 1 unspecified atom stereocenters. The second-order valence-corrected chi connectivity index (χ2v) is 5.47. The van der Waals surface area contributed by atoms with Crippen molar-refractivity contribution in [2.24, 2.45) is 11.3 Å². The van der Waals surface area contributed by atoms with Crippen LogP contribution in [-0.2, 0) is 4.79 Å². The van der Waals surface area contributed by atoms with Gasteiger partial charge in [0.25, 0.3) is 0 Å². The molecule has 1 amide bonds. The molecule has 2 aliphatic rings. The largest absolute Gasteiger partial charge is 0.317 e. The van der Waals surface area contributed by atoms with E-state index in [2.05, 4.69) is 20.6 Å². The van der Waals surface area contributed by atoms with Crippen LogP contribution in [0.3, 0.4) is 0 Å². The van der Waals surface area contributed by atoms with Crippen LogP contribution in [0.4, 0.5) is 5.82 Å². The second-order valence-electron chi connectivity index (χ2n) is 5.08. The van der Waals surface area contributed by atoms with Gasteiger partial charge in [-0.3, -0.25) is 4.79 Å². The minimum absolute atomic E-state index is 0.0617. The summed E-state index contributed by atoms with van der Waals surface area (Å²) in [5.74, 6) is 0.677. The topological polar surface area (TPSA) is 66.9 Å². The van der Waals surface area contributed by atoms with Gasteiger partial charge in [-0.15, -0.1) is 0 Å². The van der Waals surface area contributed by atoms with Crippen LogP contribution < -0.4 is 10.6 Å². The van der Waals surface area contributed by atoms with Crippen molar-refractivity contribution in [2.45, 2.75) is 19.3 Å². The Labute approximate surface area is 110 Å². The average molecular weight is 267 g/mol. The number of anilines is 1. The fraction of sp³-hybridized carbons (Fsp3) is 0.583. The normalized spacial score (nSPS) is 24.8. The van der Waals surface area contributed by atoms with E-state index in [0.717, 1.165) is 32.4 Å². The molecular formula is C12H15ClN4O. The lowest BCUT2D eigenvalue weighted by molar-refractivity contribution is -0.118. The second kappa shape index (κ2) is 4.48. The molecule has 6 heteroatoms. The van der Waals surface area contributed by atoms with E-state index in [4.69, 9.17) is 11.6 Å². The predicted octanol–water partition coefficient (Wildman–Crippen LogP) is 1.46. The summed E-state index contributed by atoms with van der Waals surface area (Å²) >= 11 is 5.76. The van der Waals surface area contributed by atoms with Crippen molar-refractivity contribution in [1.29, 1.82) is 0 Å². The van der Waals surface area contributed by atoms with Crippen LogP contribution in [0.5, 0.6) is 0 Å². The van der Waals surface area contributed by atoms with Crippen molar-refractivity contribution in [1.82, 2.24) is 15.3 Å². The summed E-state index contributed by atoms with van der Waals surface area (Å²) in [6.07, 6.45) is 4.54. The summed E-state index contributed by atoms with van der Waals surface area (Å²) in [5, 5.41) is 6.49. The number of carbonyl (C=O) groups is 1. The Morgan fingerprint density at radius 1 is 1.44 bits per heavy atom. The molecule has 1 atom stereocenters. The molecule has 1 spiro atoms. The highest BCUT2D eigenvalue weighted by molar-refractivity contribution is 6.29. The van der Waals surface area contributed by atoms with Gasteiger partial charge >= 0.3 is 0 Å². The van der Waals surface area contributed by atoms with Crippen LogP contribution in [0.2, 0.25) is 5.15 Å². The molecule has 0 radical (unpaired) electrons. The number of nitrogens with one attached hydrogen (secondary N) is 2. The smallest absolute Gasteiger partial charge is 0.229 e. The van der Waals surface area contributed by atoms with E-state index in [0.29, 0.717) is 11.0 Å². The van der Waals surface area contributed by atoms with Gasteiger partial charge in [-0.1, -0.05) is 11.6 Å². The van der Waals surface area contributed by atoms with Crippen LogP contribution in [0.1, 0.15) is 19.3 Å². The summed E-state index contributed by atoms with van der Waals surface area (Å²) in [4.78, 5) is 19.9. The molecule has 2 N–H and O–H groups in total. The third-order valence-corrected chi connectivity index (χ3v) is 4.20. The van der Waals surface area contributed by atoms with Crippen LogP contribution in [0.15, 0.2) is 12.4 Å². The zero-order valence-electron chi connectivity index (χ0n) is 9.95. The Bertz CT molecular complexity index is 473. The number of rotatable bonds is 2. The van der Waals surface area contributed by atoms with Gasteiger partial charge in [0.15, 0.2) is 0 Å². The quantitative estimate of drug-likeness (QED) is 0.796. The predicted molar refractivity (Wildman–Crippen MR) is 68.3 cm³/mol. The van der Waals surface area contributed by atoms with Crippen molar-refractivity contribution >= 4 is 23.3 Å². The van der Waals surface area contributed by atoms with Crippen LogP contribution in [0.25, 0.3) is 0 Å². The monoisotopic (exact) mass is 266 g/mol. The minimum atomic E-state index is 0.0617. The molecule has 2 fully saturated rings. The fourth-order valence-electron chi connectivity index (χ4n) is 2.81. The zero-order valence-corrected chi connectivity index (χ0v) is 10.7. The Hall–Kier alpha value is -1.20. The summed E-state index contributed by atoms with van der Waals surface area (Å²) in [6, 6.07) is 1.57. The van der Waals surface area contributed by atoms with Crippen molar-refractivity contribution in [2.75, 3.05) is 18.4 Å². The number of hydrogen-bond donors (Lipinski definition) is 2. The van der Waals surface area contributed by atoms with E-state index >= 15 is 0 Å². The summed E-state index contributed by atoms with van der Waals surface area (Å²) in [6.45, 7) is 2.03. The first-order valence-electron chi connectivity index (χ1n) is 6.19. The number of halogens is 1. The van der Waals surface area contributed by atoms with Crippen molar-refractivity contribution < 1.29 is 4.79 Å². The van der Waals surface area contributed by atoms with E-state index in [9.17, 15) is 4.79 Å². The molecule has 1 saturated carbocycles. The Morgan fingerprint density at radius 3 is 2.94 bits per heavy atom. The van der Waals surface area contributed by atoms with Gasteiger partial charge in [0.2, 0.25) is 5.91 Å². The van der Waals surface area contributed by atoms with Crippen molar-refractivity contribution in [3.8, 4) is 0 Å². The highest BCUT2D eigenvalue weighted by Gasteiger charge is 2.57. The van der Waals surface area contributed by atoms with Crippen LogP contribution in [-0.4, -0.2) is 29.0 Å². The molecule has 18 heavy (non-hydrogen) atoms. The number of piperidine rings is 1. The number of amides is 1. The van der Waals surface area contributed by atoms with Gasteiger partial charge < -0.3 is 10.6 Å². The molecule has 1 aliphatic heterocycles. The lowest BCUT2D eigenvalue weighted by atomic mass is 9.92. The molecule has 1 saturated heterocycles. The average Bonchev–Trinajstić information content (AvgIpc) is 3.04. The molecule has 3 rings (SSSR count). The first kappa shape index (κ1) is 11.9. The van der Waals surface area contributed by atoms with Crippen molar-refractivity contribution in [3.05, 3.63) is 17.5 Å². The van der Waals surface area contributed by atoms with Crippen LogP contribution >= 0.6 is 11.6 Å². The zero-order chi connectivity index (χ0) is 12.6. The molecular weight excluding hydrogens is 252 g/mol. The SMILES string of the molecule is O=C(Nc1cc(Cl)ncn1)C1CC12CCNCC2. The van der Waals surface area contributed by atoms with E-state index in [1.807, 2.05) is 0 Å². The van der Waals surface area contributed by atoms with E-state index in [1.54, 1.807) is 6.07 Å². The van der Waals surface area contributed by atoms with Gasteiger partial charge in [-0.05, 0) is 37.8 Å². The van der Waals surface area contributed by atoms with E-state index in [1.165, 1.54) is 6.33 Å². The van der Waals surface area contributed by atoms with Crippen molar-refractivity contribution in [3.63, 3.8) is 0 Å². The molecule has 1 aliphatic carbocycles. The lowest BCUT2D eigenvalue weighted by Crippen LogP contribution is -2.31. The molecule has 96 valence electrons. The minimum Gasteiger partial charge on any atom is -0.317 e. The number of aromatic nitrogens is 2. The number of hydrogen-bond acceptors (Lipinski definition) is 4. The molecule has 1 aromatic heterocycles. The van der Waals surface area contributed by atoms with Gasteiger partial charge in [0.1, 0.15) is 17.3 Å². The van der Waals surface area contributed by atoms with E-state index < -0.39 is 0 Å². The Balaban J connectivity index is 1.63. The third-order valence-electron chi connectivity index (χ3n) is 3.99. The molecule has 2 heterocycles. The number of nitrogens with zero attached hydrogens (tertiary/aromatic N) is 2. The van der Waals surface area contributed by atoms with E-state index in [-0.39, 0.29) is 17.2 Å². The molecule has 1 aromatic rings. The Kier molecular flexibility index (Phi) is 2.95. The first-order chi connectivity index (χ1) is 8.70. The summed E-state index contributed by atoms with van der Waals surface area (Å²) < 4.78 is 0. The lowest BCUT2D eigenvalue weighted by Gasteiger charge is -2.23. The maximum Gasteiger partial charge on any atom is 0.229 e. The maximum absolute atomic E-state index is 12.1. The molecule has 0 aromatic carbocycles. The third kappa shape index (κ3) is 2.20. The van der Waals surface area contributed by atoms with Crippen LogP contribution in [0, 0.1) is 11.3 Å². The van der Waals surface area contributed by atoms with Gasteiger partial charge in [-0.2, -0.15) is 0 Å². The summed E-state index contributed by atoms with van der Waals surface area (Å²) in [7, 11) is 0. The fourth-order valence-corrected chi connectivity index (χ4v) is 2.96. The standard InChI is InChI=1S/C12H15ClN4O/c13-9-5-10(16-7-15-9)17-11(18)8-6-12(8)1-3-14-4-2-12/h5,7-8,14H,1-4,6H2,(H,15,16,17,18). The summed E-state index contributed by atoms with van der Waals surface area (Å²) in [5.41, 5.74) is 0.242. The number of carbonyl (C=O) groups excluding carboxylic acids is 1. The van der Waals surface area contributed by atoms with Gasteiger partial charge in [0.05, 0.1) is 0 Å². The highest BCUT2D eigenvalue weighted by atomic mass is 35.5. The first-order valence-corrected chi connectivity index (χ1v) is 6.57. The van der Waals surface area contributed by atoms with Gasteiger partial charge in [0, 0.05) is 12.0 Å². The Morgan fingerprint density at radius 2 is 2.22 bits per heavy atom. The molecule has 0 bridgehead atoms. The van der Waals surface area contributed by atoms with Gasteiger partial charge in [-0.25, -0.2) is 9.97 Å². The molecule has 5 nitrogen and oxygen atoms in total. The maximum atomic E-state index is 12.1.